The van der Waals surface area contributed by atoms with Gasteiger partial charge in [-0.2, -0.15) is 0 Å². The summed E-state index contributed by atoms with van der Waals surface area (Å²) in [4.78, 5) is 24.9. The quantitative estimate of drug-likeness (QED) is 0.470. The molecular formula is C20H31NO5. The molecule has 1 atom stereocenters. The summed E-state index contributed by atoms with van der Waals surface area (Å²) in [6.07, 6.45) is 3.65. The molecule has 1 amide bonds. The highest BCUT2D eigenvalue weighted by molar-refractivity contribution is 5.99. The highest BCUT2D eigenvalue weighted by Crippen LogP contribution is 2.26. The van der Waals surface area contributed by atoms with Crippen molar-refractivity contribution >= 4 is 17.6 Å². The van der Waals surface area contributed by atoms with E-state index in [2.05, 4.69) is 12.2 Å². The number of unbranched alkanes of at least 4 members (excludes halogenated alkanes) is 2. The van der Waals surface area contributed by atoms with Crippen LogP contribution in [0, 0.1) is 0 Å². The van der Waals surface area contributed by atoms with Crippen LogP contribution in [0.3, 0.4) is 0 Å². The fourth-order valence-corrected chi connectivity index (χ4v) is 2.54. The van der Waals surface area contributed by atoms with E-state index in [1.54, 1.807) is 32.0 Å². The maximum Gasteiger partial charge on any atom is 0.341 e. The maximum atomic E-state index is 12.7. The zero-order valence-corrected chi connectivity index (χ0v) is 16.5. The average Bonchev–Trinajstić information content (AvgIpc) is 2.63. The molecule has 0 spiro atoms. The van der Waals surface area contributed by atoms with E-state index in [1.807, 2.05) is 6.92 Å². The van der Waals surface area contributed by atoms with Crippen molar-refractivity contribution in [2.45, 2.75) is 59.0 Å². The highest BCUT2D eigenvalue weighted by Gasteiger charge is 2.32. The van der Waals surface area contributed by atoms with E-state index in [4.69, 9.17) is 14.2 Å². The predicted molar refractivity (Wildman–Crippen MR) is 102 cm³/mol. The molecule has 0 bridgehead atoms. The summed E-state index contributed by atoms with van der Waals surface area (Å²) in [7, 11) is 1.54. The lowest BCUT2D eigenvalue weighted by molar-refractivity contribution is -0.136. The Kier molecular flexibility index (Phi) is 9.13. The molecule has 0 aliphatic carbocycles. The molecule has 0 aliphatic heterocycles. The summed E-state index contributed by atoms with van der Waals surface area (Å²) in [5, 5.41) is 2.84. The van der Waals surface area contributed by atoms with Gasteiger partial charge in [0.25, 0.3) is 5.91 Å². The summed E-state index contributed by atoms with van der Waals surface area (Å²) < 4.78 is 16.0. The zero-order chi connectivity index (χ0) is 19.6. The van der Waals surface area contributed by atoms with E-state index in [-0.39, 0.29) is 18.1 Å². The number of nitrogens with one attached hydrogen (secondary N) is 1. The van der Waals surface area contributed by atoms with Gasteiger partial charge in [-0.1, -0.05) is 26.2 Å². The fraction of sp³-hybridized carbons (Fsp3) is 0.600. The van der Waals surface area contributed by atoms with E-state index in [0.29, 0.717) is 24.5 Å². The van der Waals surface area contributed by atoms with Crippen LogP contribution < -0.4 is 10.1 Å². The van der Waals surface area contributed by atoms with Crippen molar-refractivity contribution in [3.63, 3.8) is 0 Å². The van der Waals surface area contributed by atoms with Crippen molar-refractivity contribution in [3.8, 4) is 5.75 Å². The van der Waals surface area contributed by atoms with Gasteiger partial charge < -0.3 is 19.5 Å². The third-order valence-electron chi connectivity index (χ3n) is 4.22. The Morgan fingerprint density at radius 1 is 1.12 bits per heavy atom. The normalized spacial score (nSPS) is 13.0. The number of ether oxygens (including phenoxy) is 3. The third kappa shape index (κ3) is 6.02. The predicted octanol–water partition coefficient (Wildman–Crippen LogP) is 4.19. The molecule has 26 heavy (non-hydrogen) atoms. The lowest BCUT2D eigenvalue weighted by atomic mass is 9.96. The van der Waals surface area contributed by atoms with Crippen LogP contribution in [-0.4, -0.2) is 37.8 Å². The van der Waals surface area contributed by atoms with Crippen LogP contribution in [0.2, 0.25) is 0 Å². The molecule has 0 aliphatic rings. The van der Waals surface area contributed by atoms with Gasteiger partial charge in [0.1, 0.15) is 16.9 Å². The Morgan fingerprint density at radius 2 is 1.85 bits per heavy atom. The van der Waals surface area contributed by atoms with Gasteiger partial charge in [-0.25, -0.2) is 4.79 Å². The number of carbonyl (C=O) groups excluding carboxylic acids is 2. The minimum absolute atomic E-state index is 0.241. The molecule has 0 radical (unpaired) electrons. The Bertz CT molecular complexity index is 602. The lowest BCUT2D eigenvalue weighted by Crippen LogP contribution is -2.42. The fourth-order valence-electron chi connectivity index (χ4n) is 2.54. The minimum atomic E-state index is -0.919. The van der Waals surface area contributed by atoms with E-state index in [1.165, 1.54) is 7.11 Å². The summed E-state index contributed by atoms with van der Waals surface area (Å²) >= 11 is 0. The van der Waals surface area contributed by atoms with Gasteiger partial charge in [-0.3, -0.25) is 4.79 Å². The van der Waals surface area contributed by atoms with E-state index in [0.717, 1.165) is 19.3 Å². The molecule has 0 unspecified atom stereocenters. The van der Waals surface area contributed by atoms with E-state index >= 15 is 0 Å². The first-order valence-electron chi connectivity index (χ1n) is 9.22. The molecule has 0 fully saturated rings. The van der Waals surface area contributed by atoms with Crippen molar-refractivity contribution < 1.29 is 23.8 Å². The number of carbonyl (C=O) groups is 2. The first-order chi connectivity index (χ1) is 12.4. The number of esters is 1. The lowest BCUT2D eigenvalue weighted by Gasteiger charge is -2.27. The Balaban J connectivity index is 2.98. The van der Waals surface area contributed by atoms with Crippen molar-refractivity contribution in [2.75, 3.05) is 25.6 Å². The van der Waals surface area contributed by atoms with Gasteiger partial charge in [0, 0.05) is 12.8 Å². The molecule has 0 heterocycles. The standard InChI is InChI=1S/C20H31NO5/c1-6-9-10-13-20(4,24-5)19(23)21-15-11-12-17(25-7-2)16(14-15)18(22)26-8-3/h11-12,14H,6-10,13H2,1-5H3,(H,21,23)/t20-/m0/s1. The number of rotatable bonds is 11. The number of hydrogen-bond donors (Lipinski definition) is 1. The first kappa shape index (κ1) is 22.0. The Labute approximate surface area is 156 Å². The minimum Gasteiger partial charge on any atom is -0.493 e. The van der Waals surface area contributed by atoms with Crippen molar-refractivity contribution in [2.24, 2.45) is 0 Å². The summed E-state index contributed by atoms with van der Waals surface area (Å²) in [5.41, 5.74) is -0.130. The highest BCUT2D eigenvalue weighted by atomic mass is 16.5. The van der Waals surface area contributed by atoms with Crippen molar-refractivity contribution in [1.82, 2.24) is 0 Å². The topological polar surface area (TPSA) is 73.9 Å². The third-order valence-corrected chi connectivity index (χ3v) is 4.22. The maximum absolute atomic E-state index is 12.7. The molecule has 1 rings (SSSR count). The van der Waals surface area contributed by atoms with Gasteiger partial charge in [-0.15, -0.1) is 0 Å². The molecule has 1 N–H and O–H groups in total. The number of anilines is 1. The van der Waals surface area contributed by atoms with Gasteiger partial charge in [0.2, 0.25) is 0 Å². The largest absolute Gasteiger partial charge is 0.493 e. The van der Waals surface area contributed by atoms with Crippen LogP contribution in [0.25, 0.3) is 0 Å². The second-order valence-electron chi connectivity index (χ2n) is 6.21. The first-order valence-corrected chi connectivity index (χ1v) is 9.22. The molecular weight excluding hydrogens is 334 g/mol. The van der Waals surface area contributed by atoms with Crippen LogP contribution in [0.5, 0.6) is 5.75 Å². The molecule has 0 aromatic heterocycles. The van der Waals surface area contributed by atoms with E-state index < -0.39 is 11.6 Å². The second-order valence-corrected chi connectivity index (χ2v) is 6.21. The number of hydrogen-bond acceptors (Lipinski definition) is 5. The molecule has 6 nitrogen and oxygen atoms in total. The smallest absolute Gasteiger partial charge is 0.341 e. The number of amides is 1. The molecule has 0 saturated carbocycles. The molecule has 1 aromatic rings. The van der Waals surface area contributed by atoms with Crippen molar-refractivity contribution in [1.29, 1.82) is 0 Å². The zero-order valence-electron chi connectivity index (χ0n) is 16.5. The van der Waals surface area contributed by atoms with Gasteiger partial charge in [0.15, 0.2) is 0 Å². The summed E-state index contributed by atoms with van der Waals surface area (Å²) in [5.74, 6) is -0.291. The average molecular weight is 365 g/mol. The van der Waals surface area contributed by atoms with Crippen LogP contribution >= 0.6 is 0 Å². The summed E-state index contributed by atoms with van der Waals surface area (Å²) in [6, 6.07) is 4.93. The van der Waals surface area contributed by atoms with Crippen LogP contribution in [0.4, 0.5) is 5.69 Å². The Hall–Kier alpha value is -2.08. The number of benzene rings is 1. The Morgan fingerprint density at radius 3 is 2.42 bits per heavy atom. The van der Waals surface area contributed by atoms with Crippen LogP contribution in [0.15, 0.2) is 18.2 Å². The molecule has 0 saturated heterocycles. The van der Waals surface area contributed by atoms with Gasteiger partial charge >= 0.3 is 5.97 Å². The van der Waals surface area contributed by atoms with E-state index in [9.17, 15) is 9.59 Å². The van der Waals surface area contributed by atoms with Gasteiger partial charge in [-0.05, 0) is 45.4 Å². The number of methoxy groups -OCH3 is 1. The molecule has 146 valence electrons. The summed E-state index contributed by atoms with van der Waals surface area (Å²) in [6.45, 7) is 8.16. The van der Waals surface area contributed by atoms with Gasteiger partial charge in [0.05, 0.1) is 13.2 Å². The second kappa shape index (κ2) is 10.8. The molecule has 6 heteroatoms. The molecule has 1 aromatic carbocycles. The van der Waals surface area contributed by atoms with Crippen LogP contribution in [-0.2, 0) is 14.3 Å². The SMILES string of the molecule is CCCCC[C@](C)(OC)C(=O)Nc1ccc(OCC)c(C(=O)OCC)c1. The monoisotopic (exact) mass is 365 g/mol. The van der Waals surface area contributed by atoms with Crippen molar-refractivity contribution in [3.05, 3.63) is 23.8 Å². The van der Waals surface area contributed by atoms with Crippen LogP contribution in [0.1, 0.15) is 63.7 Å².